The molecule has 0 N–H and O–H groups in total. The van der Waals surface area contributed by atoms with Crippen LogP contribution in [0.2, 0.25) is 0 Å². The van der Waals surface area contributed by atoms with Gasteiger partial charge < -0.3 is 19.8 Å². The van der Waals surface area contributed by atoms with Crippen molar-refractivity contribution in [1.82, 2.24) is 0 Å². The number of carbonyl (C=O) groups is 2. The molecule has 22 heavy (non-hydrogen) atoms. The van der Waals surface area contributed by atoms with Crippen molar-refractivity contribution >= 4 is 11.9 Å². The summed E-state index contributed by atoms with van der Waals surface area (Å²) in [4.78, 5) is 20.7. The van der Waals surface area contributed by atoms with Crippen molar-refractivity contribution in [3.63, 3.8) is 0 Å². The van der Waals surface area contributed by atoms with Crippen LogP contribution >= 0.6 is 0 Å². The first-order valence-corrected chi connectivity index (χ1v) is 7.86. The zero-order valence-corrected chi connectivity index (χ0v) is 21.7. The van der Waals surface area contributed by atoms with Crippen molar-refractivity contribution in [3.8, 4) is 0 Å². The average molecular weight is 365 g/mol. The predicted molar refractivity (Wildman–Crippen MR) is 76.6 cm³/mol. The normalized spacial score (nSPS) is 11.8. The van der Waals surface area contributed by atoms with E-state index in [2.05, 4.69) is 13.8 Å². The standard InChI is InChI=1S/2C8H16O2.2K/c2*1-3-5-6-7(4-2)8(9)10;;/h2*7H,3-6H2,1-2H3,(H,9,10);;/q;;2*+1/p-2. The van der Waals surface area contributed by atoms with Crippen LogP contribution in [0.1, 0.15) is 79.1 Å². The largest absolute Gasteiger partial charge is 1.00 e. The Morgan fingerprint density at radius 2 is 1.00 bits per heavy atom. The fourth-order valence-electron chi connectivity index (χ4n) is 1.88. The van der Waals surface area contributed by atoms with E-state index in [1.165, 1.54) is 0 Å². The Morgan fingerprint density at radius 1 is 0.727 bits per heavy atom. The molecular weight excluding hydrogens is 334 g/mol. The number of aliphatic carboxylic acids is 2. The van der Waals surface area contributed by atoms with E-state index in [1.807, 2.05) is 13.8 Å². The molecule has 0 heterocycles. The number of carboxylic acid groups (broad SMARTS) is 2. The quantitative estimate of drug-likeness (QED) is 0.369. The number of carbonyl (C=O) groups excluding carboxylic acids is 2. The Hall–Kier alpha value is 2.21. The van der Waals surface area contributed by atoms with Crippen molar-refractivity contribution < 1.29 is 123 Å². The van der Waals surface area contributed by atoms with Gasteiger partial charge in [0.2, 0.25) is 0 Å². The average Bonchev–Trinajstić information content (AvgIpc) is 2.40. The Balaban J connectivity index is -0.000000135. The van der Waals surface area contributed by atoms with Crippen molar-refractivity contribution in [2.75, 3.05) is 0 Å². The van der Waals surface area contributed by atoms with Crippen molar-refractivity contribution in [2.24, 2.45) is 11.8 Å². The SMILES string of the molecule is CCCCC(CC)C(=O)[O-].CCCCC(CC)C(=O)[O-].[K+].[K+]. The van der Waals surface area contributed by atoms with Crippen molar-refractivity contribution in [2.45, 2.75) is 79.1 Å². The summed E-state index contributed by atoms with van der Waals surface area (Å²) in [6.07, 6.45) is 7.04. The summed E-state index contributed by atoms with van der Waals surface area (Å²) >= 11 is 0. The predicted octanol–water partition coefficient (Wildman–Crippen LogP) is -4.09. The number of carboxylic acids is 2. The van der Waals surface area contributed by atoms with Crippen LogP contribution in [0.5, 0.6) is 0 Å². The van der Waals surface area contributed by atoms with Gasteiger partial charge >= 0.3 is 103 Å². The third-order valence-corrected chi connectivity index (χ3v) is 3.46. The molecule has 2 unspecified atom stereocenters. The summed E-state index contributed by atoms with van der Waals surface area (Å²) in [6, 6.07) is 0. The minimum absolute atomic E-state index is 0. The summed E-state index contributed by atoms with van der Waals surface area (Å²) in [7, 11) is 0. The van der Waals surface area contributed by atoms with Gasteiger partial charge in [-0.05, 0) is 37.5 Å². The van der Waals surface area contributed by atoms with E-state index in [9.17, 15) is 19.8 Å². The van der Waals surface area contributed by atoms with E-state index in [-0.39, 0.29) is 115 Å². The summed E-state index contributed by atoms with van der Waals surface area (Å²) in [5, 5.41) is 20.7. The van der Waals surface area contributed by atoms with Crippen LogP contribution in [-0.4, -0.2) is 11.9 Å². The molecule has 0 aliphatic carbocycles. The van der Waals surface area contributed by atoms with Gasteiger partial charge in [-0.1, -0.05) is 53.4 Å². The van der Waals surface area contributed by atoms with Gasteiger partial charge in [0.25, 0.3) is 0 Å². The molecule has 120 valence electrons. The minimum atomic E-state index is -0.893. The van der Waals surface area contributed by atoms with Crippen LogP contribution in [0.15, 0.2) is 0 Å². The smallest absolute Gasteiger partial charge is 0.550 e. The van der Waals surface area contributed by atoms with E-state index in [0.29, 0.717) is 12.8 Å². The summed E-state index contributed by atoms with van der Waals surface area (Å²) in [5.41, 5.74) is 0. The Labute approximate surface area is 221 Å². The second-order valence-electron chi connectivity index (χ2n) is 5.13. The molecule has 0 fully saturated rings. The second-order valence-corrected chi connectivity index (χ2v) is 5.13. The molecule has 0 amide bonds. The van der Waals surface area contributed by atoms with Gasteiger partial charge in [-0.25, -0.2) is 0 Å². The number of hydrogen-bond donors (Lipinski definition) is 0. The topological polar surface area (TPSA) is 80.3 Å². The molecule has 0 aromatic rings. The zero-order valence-electron chi connectivity index (χ0n) is 15.4. The van der Waals surface area contributed by atoms with E-state index in [1.54, 1.807) is 0 Å². The van der Waals surface area contributed by atoms with E-state index in [0.717, 1.165) is 38.5 Å². The van der Waals surface area contributed by atoms with Crippen LogP contribution in [0, 0.1) is 11.8 Å². The van der Waals surface area contributed by atoms with Crippen LogP contribution in [0.25, 0.3) is 0 Å². The van der Waals surface area contributed by atoms with Crippen LogP contribution in [0.3, 0.4) is 0 Å². The van der Waals surface area contributed by atoms with Crippen LogP contribution in [0.4, 0.5) is 0 Å². The Morgan fingerprint density at radius 3 is 1.14 bits per heavy atom. The number of hydrogen-bond acceptors (Lipinski definition) is 4. The second kappa shape index (κ2) is 23.2. The zero-order chi connectivity index (χ0) is 16.0. The minimum Gasteiger partial charge on any atom is -0.550 e. The first-order valence-electron chi connectivity index (χ1n) is 7.86. The first-order chi connectivity index (χ1) is 9.44. The van der Waals surface area contributed by atoms with Gasteiger partial charge in [0.15, 0.2) is 0 Å². The molecule has 0 rings (SSSR count). The molecular formula is C16H30K2O4. The molecule has 4 nitrogen and oxygen atoms in total. The summed E-state index contributed by atoms with van der Waals surface area (Å²) in [5.74, 6) is -2.23. The van der Waals surface area contributed by atoms with E-state index in [4.69, 9.17) is 0 Å². The molecule has 0 aromatic heterocycles. The molecule has 0 saturated heterocycles. The Kier molecular flexibility index (Phi) is 33.7. The molecule has 0 radical (unpaired) electrons. The number of rotatable bonds is 10. The van der Waals surface area contributed by atoms with Gasteiger partial charge in [0.05, 0.1) is 0 Å². The molecule has 0 bridgehead atoms. The fourth-order valence-corrected chi connectivity index (χ4v) is 1.88. The molecule has 0 aliphatic heterocycles. The van der Waals surface area contributed by atoms with Crippen LogP contribution in [-0.2, 0) is 9.59 Å². The third kappa shape index (κ3) is 20.3. The molecule has 0 saturated carbocycles. The Bertz CT molecular complexity index is 235. The third-order valence-electron chi connectivity index (χ3n) is 3.46. The van der Waals surface area contributed by atoms with Crippen LogP contribution < -0.4 is 113 Å². The van der Waals surface area contributed by atoms with Gasteiger partial charge in [-0.15, -0.1) is 0 Å². The molecule has 2 atom stereocenters. The molecule has 0 aromatic carbocycles. The number of unbranched alkanes of at least 4 members (excludes halogenated alkanes) is 2. The molecule has 0 spiro atoms. The molecule has 6 heteroatoms. The van der Waals surface area contributed by atoms with E-state index < -0.39 is 11.9 Å². The van der Waals surface area contributed by atoms with Gasteiger partial charge in [0, 0.05) is 11.9 Å². The van der Waals surface area contributed by atoms with Crippen molar-refractivity contribution in [1.29, 1.82) is 0 Å². The fraction of sp³-hybridized carbons (Fsp3) is 0.875. The maximum atomic E-state index is 10.3. The van der Waals surface area contributed by atoms with E-state index >= 15 is 0 Å². The first kappa shape index (κ1) is 31.9. The van der Waals surface area contributed by atoms with Gasteiger partial charge in [-0.2, -0.15) is 0 Å². The summed E-state index contributed by atoms with van der Waals surface area (Å²) in [6.45, 7) is 7.89. The molecule has 0 aliphatic rings. The van der Waals surface area contributed by atoms with Crippen molar-refractivity contribution in [3.05, 3.63) is 0 Å². The maximum Gasteiger partial charge on any atom is 1.00 e. The van der Waals surface area contributed by atoms with Gasteiger partial charge in [-0.3, -0.25) is 0 Å². The maximum absolute atomic E-state index is 10.3. The monoisotopic (exact) mass is 364 g/mol. The summed E-state index contributed by atoms with van der Waals surface area (Å²) < 4.78 is 0. The van der Waals surface area contributed by atoms with Gasteiger partial charge in [0.1, 0.15) is 0 Å².